The highest BCUT2D eigenvalue weighted by Crippen LogP contribution is 2.36. The number of aromatic amines is 1. The zero-order valence-corrected chi connectivity index (χ0v) is 17.6. The largest absolute Gasteiger partial charge is 0.495 e. The molecule has 6 heteroatoms. The van der Waals surface area contributed by atoms with Crippen LogP contribution in [0.2, 0.25) is 0 Å². The van der Waals surface area contributed by atoms with Crippen LogP contribution in [0, 0.1) is 11.8 Å². The third kappa shape index (κ3) is 4.04. The van der Waals surface area contributed by atoms with Crippen molar-refractivity contribution in [2.45, 2.75) is 6.10 Å². The summed E-state index contributed by atoms with van der Waals surface area (Å²) in [5.74, 6) is 6.40. The SMILES string of the molecule is COc1cc[nH]c1C=C1C(=O)Nc2cccc(C#CC(O)c3ccc(N(C)C)cc3)c21. The lowest BCUT2D eigenvalue weighted by Crippen LogP contribution is -2.08. The molecule has 2 heterocycles. The lowest BCUT2D eigenvalue weighted by atomic mass is 9.99. The van der Waals surface area contributed by atoms with E-state index in [0.29, 0.717) is 39.4 Å². The number of fused-ring (bicyclic) bond motifs is 1. The number of nitrogens with one attached hydrogen (secondary N) is 2. The molecular weight excluding hydrogens is 390 g/mol. The Labute approximate surface area is 181 Å². The van der Waals surface area contributed by atoms with E-state index >= 15 is 0 Å². The second-order valence-electron chi connectivity index (χ2n) is 7.36. The molecule has 0 spiro atoms. The summed E-state index contributed by atoms with van der Waals surface area (Å²) in [5, 5.41) is 13.4. The van der Waals surface area contributed by atoms with Gasteiger partial charge in [-0.2, -0.15) is 0 Å². The van der Waals surface area contributed by atoms with Crippen molar-refractivity contribution < 1.29 is 14.6 Å². The standard InChI is InChI=1S/C25H23N3O3/c1-28(2)18-10-7-16(8-11-18)22(29)12-9-17-5-4-6-20-24(17)19(25(30)27-20)15-21-23(31-3)13-14-26-21/h4-8,10-11,13-15,22,26,29H,1-3H3,(H,27,30). The molecule has 0 saturated heterocycles. The molecule has 0 fully saturated rings. The topological polar surface area (TPSA) is 77.6 Å². The molecule has 1 unspecified atom stereocenters. The molecule has 1 aromatic heterocycles. The molecule has 1 aliphatic heterocycles. The Morgan fingerprint density at radius 2 is 1.90 bits per heavy atom. The monoisotopic (exact) mass is 413 g/mol. The Morgan fingerprint density at radius 1 is 1.13 bits per heavy atom. The molecule has 0 radical (unpaired) electrons. The number of aliphatic hydroxyl groups is 1. The molecular formula is C25H23N3O3. The highest BCUT2D eigenvalue weighted by atomic mass is 16.5. The molecule has 2 aromatic carbocycles. The van der Waals surface area contributed by atoms with Crippen molar-refractivity contribution >= 4 is 28.9 Å². The second kappa shape index (κ2) is 8.42. The van der Waals surface area contributed by atoms with E-state index in [1.54, 1.807) is 25.4 Å². The van der Waals surface area contributed by atoms with E-state index in [1.165, 1.54) is 0 Å². The smallest absolute Gasteiger partial charge is 0.256 e. The fourth-order valence-corrected chi connectivity index (χ4v) is 3.48. The van der Waals surface area contributed by atoms with Crippen molar-refractivity contribution in [1.29, 1.82) is 0 Å². The average Bonchev–Trinajstić information content (AvgIpc) is 3.36. The van der Waals surface area contributed by atoms with Crippen LogP contribution >= 0.6 is 0 Å². The predicted molar refractivity (Wildman–Crippen MR) is 123 cm³/mol. The Kier molecular flexibility index (Phi) is 5.52. The number of H-pyrrole nitrogens is 1. The van der Waals surface area contributed by atoms with Crippen LogP contribution in [0.15, 0.2) is 54.7 Å². The molecule has 6 nitrogen and oxygen atoms in total. The second-order valence-corrected chi connectivity index (χ2v) is 7.36. The summed E-state index contributed by atoms with van der Waals surface area (Å²) in [6.07, 6.45) is 2.57. The van der Waals surface area contributed by atoms with Crippen LogP contribution in [0.1, 0.15) is 28.5 Å². The van der Waals surface area contributed by atoms with Crippen LogP contribution in [0.25, 0.3) is 11.6 Å². The Morgan fingerprint density at radius 3 is 2.61 bits per heavy atom. The van der Waals surface area contributed by atoms with Crippen molar-refractivity contribution in [2.75, 3.05) is 31.4 Å². The minimum atomic E-state index is -0.937. The number of anilines is 2. The van der Waals surface area contributed by atoms with Gasteiger partial charge in [0.1, 0.15) is 11.9 Å². The van der Waals surface area contributed by atoms with Crippen LogP contribution in [-0.2, 0) is 4.79 Å². The number of aromatic nitrogens is 1. The number of nitrogens with zero attached hydrogens (tertiary/aromatic N) is 1. The van der Waals surface area contributed by atoms with E-state index in [0.717, 1.165) is 5.69 Å². The molecule has 0 saturated carbocycles. The third-order valence-electron chi connectivity index (χ3n) is 5.14. The van der Waals surface area contributed by atoms with Crippen molar-refractivity contribution in [1.82, 2.24) is 4.98 Å². The third-order valence-corrected chi connectivity index (χ3v) is 5.14. The number of methoxy groups -OCH3 is 1. The van der Waals surface area contributed by atoms with Gasteiger partial charge in [-0.05, 0) is 42.0 Å². The first-order chi connectivity index (χ1) is 15.0. The summed E-state index contributed by atoms with van der Waals surface area (Å²) in [4.78, 5) is 17.7. The van der Waals surface area contributed by atoms with Gasteiger partial charge in [-0.25, -0.2) is 0 Å². The first-order valence-corrected chi connectivity index (χ1v) is 9.82. The highest BCUT2D eigenvalue weighted by Gasteiger charge is 2.27. The molecule has 156 valence electrons. The molecule has 31 heavy (non-hydrogen) atoms. The summed E-state index contributed by atoms with van der Waals surface area (Å²) >= 11 is 0. The Hall–Kier alpha value is -3.95. The van der Waals surface area contributed by atoms with E-state index < -0.39 is 6.10 Å². The van der Waals surface area contributed by atoms with Gasteiger partial charge in [0, 0.05) is 37.1 Å². The van der Waals surface area contributed by atoms with Gasteiger partial charge in [-0.1, -0.05) is 30.0 Å². The zero-order chi connectivity index (χ0) is 22.0. The molecule has 0 aliphatic carbocycles. The molecule has 1 aliphatic rings. The van der Waals surface area contributed by atoms with Gasteiger partial charge < -0.3 is 25.0 Å². The van der Waals surface area contributed by atoms with Gasteiger partial charge in [0.2, 0.25) is 0 Å². The number of aliphatic hydroxyl groups excluding tert-OH is 1. The maximum absolute atomic E-state index is 12.6. The predicted octanol–water partition coefficient (Wildman–Crippen LogP) is 3.67. The maximum atomic E-state index is 12.6. The lowest BCUT2D eigenvalue weighted by molar-refractivity contribution is -0.110. The van der Waals surface area contributed by atoms with E-state index in [2.05, 4.69) is 22.1 Å². The van der Waals surface area contributed by atoms with Crippen LogP contribution in [-0.4, -0.2) is 37.2 Å². The number of hydrogen-bond donors (Lipinski definition) is 3. The van der Waals surface area contributed by atoms with Gasteiger partial charge in [0.25, 0.3) is 5.91 Å². The Bertz CT molecular complexity index is 1210. The van der Waals surface area contributed by atoms with Gasteiger partial charge in [-0.3, -0.25) is 4.79 Å². The maximum Gasteiger partial charge on any atom is 0.256 e. The summed E-state index contributed by atoms with van der Waals surface area (Å²) in [5.41, 5.74) is 5.02. The minimum Gasteiger partial charge on any atom is -0.495 e. The molecule has 1 amide bonds. The molecule has 3 aromatic rings. The fourth-order valence-electron chi connectivity index (χ4n) is 3.48. The van der Waals surface area contributed by atoms with Gasteiger partial charge in [-0.15, -0.1) is 0 Å². The molecule has 0 bridgehead atoms. The lowest BCUT2D eigenvalue weighted by Gasteiger charge is -2.13. The number of carbonyl (C=O) groups excluding carboxylic acids is 1. The van der Waals surface area contributed by atoms with Gasteiger partial charge in [0.05, 0.1) is 24.1 Å². The summed E-state index contributed by atoms with van der Waals surface area (Å²) in [6, 6.07) is 14.9. The first-order valence-electron chi connectivity index (χ1n) is 9.82. The quantitative estimate of drug-likeness (QED) is 0.451. The zero-order valence-electron chi connectivity index (χ0n) is 17.6. The number of carbonyl (C=O) groups is 1. The number of ether oxygens (including phenoxy) is 1. The van der Waals surface area contributed by atoms with E-state index in [4.69, 9.17) is 4.74 Å². The van der Waals surface area contributed by atoms with E-state index in [1.807, 2.05) is 61.5 Å². The van der Waals surface area contributed by atoms with Crippen molar-refractivity contribution in [3.8, 4) is 17.6 Å². The van der Waals surface area contributed by atoms with Crippen LogP contribution < -0.4 is 15.0 Å². The molecule has 4 rings (SSSR count). The van der Waals surface area contributed by atoms with Gasteiger partial charge >= 0.3 is 0 Å². The summed E-state index contributed by atoms with van der Waals surface area (Å²) in [7, 11) is 5.51. The first kappa shape index (κ1) is 20.3. The summed E-state index contributed by atoms with van der Waals surface area (Å²) < 4.78 is 5.33. The van der Waals surface area contributed by atoms with Crippen molar-refractivity contribution in [2.24, 2.45) is 0 Å². The van der Waals surface area contributed by atoms with E-state index in [9.17, 15) is 9.90 Å². The minimum absolute atomic E-state index is 0.208. The molecule has 3 N–H and O–H groups in total. The number of amides is 1. The summed E-state index contributed by atoms with van der Waals surface area (Å²) in [6.45, 7) is 0. The molecule has 1 atom stereocenters. The van der Waals surface area contributed by atoms with Crippen LogP contribution in [0.5, 0.6) is 5.75 Å². The van der Waals surface area contributed by atoms with Crippen molar-refractivity contribution in [3.05, 3.63) is 77.1 Å². The fraction of sp³-hybridized carbons (Fsp3) is 0.160. The Balaban J connectivity index is 1.68. The number of hydrogen-bond acceptors (Lipinski definition) is 4. The normalized spacial score (nSPS) is 14.5. The van der Waals surface area contributed by atoms with Crippen LogP contribution in [0.4, 0.5) is 11.4 Å². The van der Waals surface area contributed by atoms with Crippen LogP contribution in [0.3, 0.4) is 0 Å². The average molecular weight is 413 g/mol. The van der Waals surface area contributed by atoms with Gasteiger partial charge in [0.15, 0.2) is 0 Å². The number of benzene rings is 2. The van der Waals surface area contributed by atoms with E-state index in [-0.39, 0.29) is 5.91 Å². The highest BCUT2D eigenvalue weighted by molar-refractivity contribution is 6.35. The number of rotatable bonds is 4. The van der Waals surface area contributed by atoms with Crippen molar-refractivity contribution in [3.63, 3.8) is 0 Å².